The van der Waals surface area contributed by atoms with E-state index in [0.29, 0.717) is 24.1 Å². The summed E-state index contributed by atoms with van der Waals surface area (Å²) in [6, 6.07) is -0.00568. The van der Waals surface area contributed by atoms with Crippen molar-refractivity contribution in [3.63, 3.8) is 0 Å². The fourth-order valence-electron chi connectivity index (χ4n) is 2.82. The number of urea groups is 1. The monoisotopic (exact) mass is 316 g/mol. The highest BCUT2D eigenvalue weighted by Crippen LogP contribution is 2.35. The number of fused-ring (bicyclic) bond motifs is 1. The summed E-state index contributed by atoms with van der Waals surface area (Å²) < 4.78 is 40.5. The van der Waals surface area contributed by atoms with Crippen molar-refractivity contribution in [2.24, 2.45) is 0 Å². The molecule has 1 heterocycles. The Bertz CT molecular complexity index is 563. The van der Waals surface area contributed by atoms with Crippen LogP contribution in [0.4, 0.5) is 18.0 Å². The summed E-state index contributed by atoms with van der Waals surface area (Å²) in [6.45, 7) is 0.528. The molecule has 0 unspecified atom stereocenters. The van der Waals surface area contributed by atoms with Crippen molar-refractivity contribution >= 4 is 6.03 Å². The van der Waals surface area contributed by atoms with Crippen LogP contribution in [0.3, 0.4) is 0 Å². The second kappa shape index (κ2) is 5.81. The predicted molar refractivity (Wildman–Crippen MR) is 73.4 cm³/mol. The van der Waals surface area contributed by atoms with Crippen molar-refractivity contribution in [3.05, 3.63) is 17.0 Å². The van der Waals surface area contributed by atoms with Gasteiger partial charge < -0.3 is 10.6 Å². The molecule has 2 aliphatic rings. The summed E-state index contributed by atoms with van der Waals surface area (Å²) in [7, 11) is 0. The average molecular weight is 316 g/mol. The molecule has 0 radical (unpaired) electrons. The van der Waals surface area contributed by atoms with Gasteiger partial charge in [-0.25, -0.2) is 4.79 Å². The maximum Gasteiger partial charge on any atom is 0.435 e. The highest BCUT2D eigenvalue weighted by atomic mass is 19.4. The standard InChI is InChI=1S/C14H19F3N4O/c15-14(16,17)12-10-3-1-2-4-11(10)21(20-12)8-7-18-13(22)19-9-5-6-9/h9H,1-8H2,(H2,18,19,22). The topological polar surface area (TPSA) is 59.0 Å². The third-order valence-electron chi connectivity index (χ3n) is 4.05. The first-order chi connectivity index (χ1) is 10.4. The molecule has 1 saturated carbocycles. The Labute approximate surface area is 126 Å². The lowest BCUT2D eigenvalue weighted by atomic mass is 9.95. The van der Waals surface area contributed by atoms with E-state index in [-0.39, 0.29) is 25.2 Å². The fraction of sp³-hybridized carbons (Fsp3) is 0.714. The number of amides is 2. The Balaban J connectivity index is 1.65. The largest absolute Gasteiger partial charge is 0.435 e. The zero-order valence-electron chi connectivity index (χ0n) is 12.2. The van der Waals surface area contributed by atoms with Crippen LogP contribution in [0.2, 0.25) is 0 Å². The number of halogens is 3. The number of aromatic nitrogens is 2. The smallest absolute Gasteiger partial charge is 0.336 e. The van der Waals surface area contributed by atoms with Crippen molar-refractivity contribution < 1.29 is 18.0 Å². The molecule has 0 saturated heterocycles. The lowest BCUT2D eigenvalue weighted by molar-refractivity contribution is -0.142. The Morgan fingerprint density at radius 3 is 2.68 bits per heavy atom. The van der Waals surface area contributed by atoms with Crippen molar-refractivity contribution in [1.82, 2.24) is 20.4 Å². The first kappa shape index (κ1) is 15.2. The van der Waals surface area contributed by atoms with Gasteiger partial charge in [0.25, 0.3) is 0 Å². The molecular formula is C14H19F3N4O. The van der Waals surface area contributed by atoms with E-state index in [2.05, 4.69) is 15.7 Å². The van der Waals surface area contributed by atoms with Gasteiger partial charge in [-0.15, -0.1) is 0 Å². The lowest BCUT2D eigenvalue weighted by Gasteiger charge is -2.15. The molecule has 0 spiro atoms. The molecule has 0 bridgehead atoms. The van der Waals surface area contributed by atoms with Gasteiger partial charge in [-0.2, -0.15) is 18.3 Å². The van der Waals surface area contributed by atoms with Gasteiger partial charge in [0.15, 0.2) is 5.69 Å². The van der Waals surface area contributed by atoms with Crippen molar-refractivity contribution in [2.75, 3.05) is 6.54 Å². The number of nitrogens with zero attached hydrogens (tertiary/aromatic N) is 2. The third kappa shape index (κ3) is 3.36. The van der Waals surface area contributed by atoms with E-state index in [1.807, 2.05) is 0 Å². The van der Waals surface area contributed by atoms with Gasteiger partial charge in [-0.3, -0.25) is 4.68 Å². The number of carbonyl (C=O) groups excluding carboxylic acids is 1. The quantitative estimate of drug-likeness (QED) is 0.895. The molecule has 0 aliphatic heterocycles. The minimum Gasteiger partial charge on any atom is -0.336 e. The molecule has 0 aromatic carbocycles. The zero-order chi connectivity index (χ0) is 15.7. The molecule has 122 valence electrons. The Kier molecular flexibility index (Phi) is 4.01. The number of alkyl halides is 3. The molecule has 2 aliphatic carbocycles. The maximum atomic E-state index is 13.0. The SMILES string of the molecule is O=C(NCCn1nc(C(F)(F)F)c2c1CCCC2)NC1CC1. The van der Waals surface area contributed by atoms with Crippen LogP contribution in [0.1, 0.15) is 42.6 Å². The second-order valence-corrected chi connectivity index (χ2v) is 5.88. The van der Waals surface area contributed by atoms with Crippen LogP contribution in [0, 0.1) is 0 Å². The minimum atomic E-state index is -4.41. The van der Waals surface area contributed by atoms with Gasteiger partial charge in [-0.1, -0.05) is 0 Å². The van der Waals surface area contributed by atoms with Crippen LogP contribution in [0.15, 0.2) is 0 Å². The highest BCUT2D eigenvalue weighted by Gasteiger charge is 2.39. The molecule has 2 N–H and O–H groups in total. The first-order valence-corrected chi connectivity index (χ1v) is 7.65. The van der Waals surface area contributed by atoms with Crippen LogP contribution >= 0.6 is 0 Å². The molecular weight excluding hydrogens is 297 g/mol. The van der Waals surface area contributed by atoms with Crippen LogP contribution in [-0.4, -0.2) is 28.4 Å². The lowest BCUT2D eigenvalue weighted by Crippen LogP contribution is -2.38. The zero-order valence-corrected chi connectivity index (χ0v) is 12.2. The molecule has 8 heteroatoms. The molecule has 1 aromatic heterocycles. The molecule has 2 amide bonds. The summed E-state index contributed by atoms with van der Waals surface area (Å²) in [5.41, 5.74) is 0.244. The Morgan fingerprint density at radius 1 is 1.27 bits per heavy atom. The van der Waals surface area contributed by atoms with Crippen molar-refractivity contribution in [3.8, 4) is 0 Å². The molecule has 1 aromatic rings. The van der Waals surface area contributed by atoms with E-state index in [0.717, 1.165) is 25.7 Å². The number of nitrogens with one attached hydrogen (secondary N) is 2. The van der Waals surface area contributed by atoms with Gasteiger partial charge in [0.05, 0.1) is 6.54 Å². The summed E-state index contributed by atoms with van der Waals surface area (Å²) >= 11 is 0. The fourth-order valence-corrected chi connectivity index (χ4v) is 2.82. The third-order valence-corrected chi connectivity index (χ3v) is 4.05. The molecule has 1 fully saturated rings. The summed E-state index contributed by atoms with van der Waals surface area (Å²) in [5, 5.41) is 9.19. The van der Waals surface area contributed by atoms with E-state index in [4.69, 9.17) is 0 Å². The number of hydrogen-bond acceptors (Lipinski definition) is 2. The Hall–Kier alpha value is -1.73. The number of hydrogen-bond donors (Lipinski definition) is 2. The van der Waals surface area contributed by atoms with Crippen LogP contribution in [-0.2, 0) is 25.6 Å². The molecule has 5 nitrogen and oxygen atoms in total. The molecule has 3 rings (SSSR count). The molecule has 22 heavy (non-hydrogen) atoms. The molecule has 0 atom stereocenters. The predicted octanol–water partition coefficient (Wildman–Crippen LogP) is 2.24. The summed E-state index contributed by atoms with van der Waals surface area (Å²) in [4.78, 5) is 11.5. The van der Waals surface area contributed by atoms with Gasteiger partial charge in [0.2, 0.25) is 0 Å². The average Bonchev–Trinajstić information content (AvgIpc) is 3.17. The van der Waals surface area contributed by atoms with Gasteiger partial charge in [-0.05, 0) is 38.5 Å². The van der Waals surface area contributed by atoms with Crippen LogP contribution < -0.4 is 10.6 Å². The van der Waals surface area contributed by atoms with Crippen molar-refractivity contribution in [1.29, 1.82) is 0 Å². The van der Waals surface area contributed by atoms with E-state index in [9.17, 15) is 18.0 Å². The first-order valence-electron chi connectivity index (χ1n) is 7.65. The Morgan fingerprint density at radius 2 is 2.00 bits per heavy atom. The van der Waals surface area contributed by atoms with Crippen molar-refractivity contribution in [2.45, 2.75) is 57.3 Å². The van der Waals surface area contributed by atoms with Gasteiger partial charge in [0.1, 0.15) is 0 Å². The van der Waals surface area contributed by atoms with Gasteiger partial charge in [0, 0.05) is 23.8 Å². The number of carbonyl (C=O) groups is 1. The summed E-state index contributed by atoms with van der Waals surface area (Å²) in [5.74, 6) is 0. The minimum absolute atomic E-state index is 0.259. The maximum absolute atomic E-state index is 13.0. The van der Waals surface area contributed by atoms with E-state index < -0.39 is 11.9 Å². The summed E-state index contributed by atoms with van der Waals surface area (Å²) in [6.07, 6.45) is 0.273. The van der Waals surface area contributed by atoms with E-state index >= 15 is 0 Å². The normalized spacial score (nSPS) is 18.0. The van der Waals surface area contributed by atoms with E-state index in [1.165, 1.54) is 4.68 Å². The highest BCUT2D eigenvalue weighted by molar-refractivity contribution is 5.74. The van der Waals surface area contributed by atoms with E-state index in [1.54, 1.807) is 0 Å². The number of rotatable bonds is 4. The van der Waals surface area contributed by atoms with Crippen LogP contribution in [0.5, 0.6) is 0 Å². The second-order valence-electron chi connectivity index (χ2n) is 5.88. The van der Waals surface area contributed by atoms with Gasteiger partial charge >= 0.3 is 12.2 Å². The van der Waals surface area contributed by atoms with Crippen LogP contribution in [0.25, 0.3) is 0 Å².